The molecule has 1 aromatic carbocycles. The lowest BCUT2D eigenvalue weighted by Gasteiger charge is -2.31. The van der Waals surface area contributed by atoms with Gasteiger partial charge in [-0.3, -0.25) is 0 Å². The van der Waals surface area contributed by atoms with Gasteiger partial charge in [0.25, 0.3) is 0 Å². The van der Waals surface area contributed by atoms with Crippen LogP contribution in [0.25, 0.3) is 10.9 Å². The Morgan fingerprint density at radius 3 is 2.68 bits per heavy atom. The van der Waals surface area contributed by atoms with Gasteiger partial charge in [0.05, 0.1) is 11.8 Å². The van der Waals surface area contributed by atoms with E-state index >= 15 is 0 Å². The summed E-state index contributed by atoms with van der Waals surface area (Å²) in [6.45, 7) is 1.07. The van der Waals surface area contributed by atoms with Crippen molar-refractivity contribution in [2.45, 2.75) is 18.9 Å². The zero-order chi connectivity index (χ0) is 15.7. The molecule has 22 heavy (non-hydrogen) atoms. The summed E-state index contributed by atoms with van der Waals surface area (Å²) < 4.78 is 24.6. The standard InChI is InChI=1S/C14H17ClN4O2S/c1-22(20,21)19-6-4-11(5-7-19)18-14-12-3-2-10(15)8-13(12)16-9-17-14/h2-3,8-9,11H,4-7H2,1H3,(H,16,17,18). The maximum absolute atomic E-state index is 11.5. The second-order valence-corrected chi connectivity index (χ2v) is 7.88. The number of fused-ring (bicyclic) bond motifs is 1. The molecule has 0 atom stereocenters. The molecule has 0 amide bonds. The molecule has 0 bridgehead atoms. The van der Waals surface area contributed by atoms with E-state index in [1.165, 1.54) is 16.9 Å². The van der Waals surface area contributed by atoms with E-state index in [2.05, 4.69) is 15.3 Å². The number of sulfonamides is 1. The third-order valence-corrected chi connectivity index (χ3v) is 5.40. The summed E-state index contributed by atoms with van der Waals surface area (Å²) in [7, 11) is -3.10. The van der Waals surface area contributed by atoms with E-state index in [1.807, 2.05) is 12.1 Å². The molecule has 0 radical (unpaired) electrons. The molecule has 0 aliphatic carbocycles. The Morgan fingerprint density at radius 2 is 2.00 bits per heavy atom. The molecule has 118 valence electrons. The third kappa shape index (κ3) is 3.31. The fraction of sp³-hybridized carbons (Fsp3) is 0.429. The summed E-state index contributed by atoms with van der Waals surface area (Å²) in [4.78, 5) is 8.52. The van der Waals surface area contributed by atoms with Gasteiger partial charge in [-0.1, -0.05) is 11.6 Å². The van der Waals surface area contributed by atoms with Crippen LogP contribution in [0.5, 0.6) is 0 Å². The molecule has 1 aromatic heterocycles. The van der Waals surface area contributed by atoms with Gasteiger partial charge in [-0.05, 0) is 31.0 Å². The highest BCUT2D eigenvalue weighted by molar-refractivity contribution is 7.88. The first-order valence-corrected chi connectivity index (χ1v) is 9.28. The fourth-order valence-corrected chi connectivity index (χ4v) is 3.71. The van der Waals surface area contributed by atoms with Crippen molar-refractivity contribution in [2.24, 2.45) is 0 Å². The van der Waals surface area contributed by atoms with Gasteiger partial charge in [-0.25, -0.2) is 22.7 Å². The van der Waals surface area contributed by atoms with Gasteiger partial charge in [0.2, 0.25) is 10.0 Å². The number of nitrogens with one attached hydrogen (secondary N) is 1. The largest absolute Gasteiger partial charge is 0.367 e. The summed E-state index contributed by atoms with van der Waals surface area (Å²) in [6.07, 6.45) is 4.27. The summed E-state index contributed by atoms with van der Waals surface area (Å²) in [6, 6.07) is 5.71. The Balaban J connectivity index is 1.75. The van der Waals surface area contributed by atoms with Gasteiger partial charge in [-0.2, -0.15) is 0 Å². The van der Waals surface area contributed by atoms with E-state index in [0.717, 1.165) is 29.6 Å². The predicted molar refractivity (Wildman–Crippen MR) is 87.6 cm³/mol. The van der Waals surface area contributed by atoms with Crippen molar-refractivity contribution < 1.29 is 8.42 Å². The van der Waals surface area contributed by atoms with E-state index in [0.29, 0.717) is 18.1 Å². The number of nitrogens with zero attached hydrogens (tertiary/aromatic N) is 3. The Morgan fingerprint density at radius 1 is 1.27 bits per heavy atom. The van der Waals surface area contributed by atoms with Crippen LogP contribution in [-0.2, 0) is 10.0 Å². The molecular weight excluding hydrogens is 324 g/mol. The minimum atomic E-state index is -3.10. The first-order valence-electron chi connectivity index (χ1n) is 7.05. The average Bonchev–Trinajstić information content (AvgIpc) is 2.47. The molecule has 1 fully saturated rings. The highest BCUT2D eigenvalue weighted by Gasteiger charge is 2.25. The number of halogens is 1. The maximum atomic E-state index is 11.5. The lowest BCUT2D eigenvalue weighted by atomic mass is 10.1. The fourth-order valence-electron chi connectivity index (χ4n) is 2.67. The van der Waals surface area contributed by atoms with Crippen LogP contribution in [0.4, 0.5) is 5.82 Å². The van der Waals surface area contributed by atoms with Crippen LogP contribution in [0.15, 0.2) is 24.5 Å². The van der Waals surface area contributed by atoms with Crippen molar-refractivity contribution in [3.8, 4) is 0 Å². The number of rotatable bonds is 3. The lowest BCUT2D eigenvalue weighted by Crippen LogP contribution is -2.41. The smallest absolute Gasteiger partial charge is 0.211 e. The Kier molecular flexibility index (Phi) is 4.20. The minimum Gasteiger partial charge on any atom is -0.367 e. The van der Waals surface area contributed by atoms with Crippen molar-refractivity contribution in [3.63, 3.8) is 0 Å². The van der Waals surface area contributed by atoms with E-state index in [4.69, 9.17) is 11.6 Å². The topological polar surface area (TPSA) is 75.2 Å². The molecule has 2 aromatic rings. The van der Waals surface area contributed by atoms with Crippen LogP contribution in [0.3, 0.4) is 0 Å². The Bertz CT molecular complexity index is 789. The molecule has 0 unspecified atom stereocenters. The Labute approximate surface area is 134 Å². The van der Waals surface area contributed by atoms with Crippen molar-refractivity contribution in [1.29, 1.82) is 0 Å². The molecule has 8 heteroatoms. The first-order chi connectivity index (χ1) is 10.4. The van der Waals surface area contributed by atoms with Crippen LogP contribution in [-0.4, -0.2) is 48.1 Å². The van der Waals surface area contributed by atoms with Crippen molar-refractivity contribution >= 4 is 38.3 Å². The highest BCUT2D eigenvalue weighted by Crippen LogP contribution is 2.25. The minimum absolute atomic E-state index is 0.201. The summed E-state index contributed by atoms with van der Waals surface area (Å²) in [5, 5.41) is 4.95. The van der Waals surface area contributed by atoms with Crippen molar-refractivity contribution in [3.05, 3.63) is 29.5 Å². The van der Waals surface area contributed by atoms with E-state index in [9.17, 15) is 8.42 Å². The molecule has 3 rings (SSSR count). The predicted octanol–water partition coefficient (Wildman–Crippen LogP) is 2.12. The molecule has 0 spiro atoms. The number of hydrogen-bond acceptors (Lipinski definition) is 5. The number of hydrogen-bond donors (Lipinski definition) is 1. The van der Waals surface area contributed by atoms with Gasteiger partial charge >= 0.3 is 0 Å². The molecule has 0 saturated carbocycles. The molecule has 1 saturated heterocycles. The van der Waals surface area contributed by atoms with E-state index < -0.39 is 10.0 Å². The summed E-state index contributed by atoms with van der Waals surface area (Å²) >= 11 is 5.98. The number of aromatic nitrogens is 2. The second-order valence-electron chi connectivity index (χ2n) is 5.46. The number of anilines is 1. The summed E-state index contributed by atoms with van der Waals surface area (Å²) in [5.74, 6) is 0.763. The number of benzene rings is 1. The van der Waals surface area contributed by atoms with Crippen LogP contribution >= 0.6 is 11.6 Å². The average molecular weight is 341 g/mol. The Hall–Kier alpha value is -1.44. The highest BCUT2D eigenvalue weighted by atomic mass is 35.5. The zero-order valence-corrected chi connectivity index (χ0v) is 13.7. The van der Waals surface area contributed by atoms with Crippen molar-refractivity contribution in [1.82, 2.24) is 14.3 Å². The van der Waals surface area contributed by atoms with Gasteiger partial charge in [0.15, 0.2) is 0 Å². The maximum Gasteiger partial charge on any atom is 0.211 e. The van der Waals surface area contributed by atoms with E-state index in [-0.39, 0.29) is 6.04 Å². The van der Waals surface area contributed by atoms with Crippen LogP contribution < -0.4 is 5.32 Å². The quantitative estimate of drug-likeness (QED) is 0.926. The molecule has 1 N–H and O–H groups in total. The lowest BCUT2D eigenvalue weighted by molar-refractivity contribution is 0.331. The van der Waals surface area contributed by atoms with Gasteiger partial charge < -0.3 is 5.32 Å². The molecule has 2 heterocycles. The van der Waals surface area contributed by atoms with E-state index in [1.54, 1.807) is 6.07 Å². The SMILES string of the molecule is CS(=O)(=O)N1CCC(Nc2ncnc3cc(Cl)ccc23)CC1. The van der Waals surface area contributed by atoms with Gasteiger partial charge in [0, 0.05) is 29.5 Å². The van der Waals surface area contributed by atoms with Gasteiger partial charge in [0.1, 0.15) is 12.1 Å². The summed E-state index contributed by atoms with van der Waals surface area (Å²) in [5.41, 5.74) is 0.790. The van der Waals surface area contributed by atoms with Crippen molar-refractivity contribution in [2.75, 3.05) is 24.7 Å². The monoisotopic (exact) mass is 340 g/mol. The zero-order valence-electron chi connectivity index (χ0n) is 12.2. The normalized spacial score (nSPS) is 17.7. The van der Waals surface area contributed by atoms with Crippen LogP contribution in [0.2, 0.25) is 5.02 Å². The van der Waals surface area contributed by atoms with Crippen LogP contribution in [0.1, 0.15) is 12.8 Å². The third-order valence-electron chi connectivity index (χ3n) is 3.86. The first kappa shape index (κ1) is 15.5. The second kappa shape index (κ2) is 5.98. The number of piperidine rings is 1. The molecule has 6 nitrogen and oxygen atoms in total. The van der Waals surface area contributed by atoms with Crippen LogP contribution in [0, 0.1) is 0 Å². The van der Waals surface area contributed by atoms with Gasteiger partial charge in [-0.15, -0.1) is 0 Å². The molecular formula is C14H17ClN4O2S. The molecule has 1 aliphatic rings. The molecule has 1 aliphatic heterocycles.